The minimum atomic E-state index is 0.933. The number of hydrogen-bond donors (Lipinski definition) is 1. The Labute approximate surface area is 117 Å². The fraction of sp³-hybridized carbons (Fsp3) is 0.0556. The van der Waals surface area contributed by atoms with Crippen molar-refractivity contribution in [3.63, 3.8) is 0 Å². The van der Waals surface area contributed by atoms with Crippen molar-refractivity contribution in [1.82, 2.24) is 9.97 Å². The first-order chi connectivity index (χ1) is 9.83. The van der Waals surface area contributed by atoms with Gasteiger partial charge in [-0.05, 0) is 35.4 Å². The van der Waals surface area contributed by atoms with Gasteiger partial charge in [0.25, 0.3) is 0 Å². The number of nitrogens with zero attached hydrogens (tertiary/aromatic N) is 1. The van der Waals surface area contributed by atoms with Crippen molar-refractivity contribution >= 4 is 21.8 Å². The van der Waals surface area contributed by atoms with E-state index in [0.29, 0.717) is 0 Å². The number of fused-ring (bicyclic) bond motifs is 2. The van der Waals surface area contributed by atoms with Crippen molar-refractivity contribution in [3.05, 3.63) is 66.2 Å². The van der Waals surface area contributed by atoms with Crippen LogP contribution < -0.4 is 0 Å². The van der Waals surface area contributed by atoms with E-state index in [-0.39, 0.29) is 0 Å². The average Bonchev–Trinajstić information content (AvgIpc) is 2.91. The van der Waals surface area contributed by atoms with Crippen LogP contribution in [0.1, 0.15) is 5.56 Å². The SMILES string of the molecule is Cc1ccc(-c2nc3ccccc3[nH]2)c2ccccc12. The lowest BCUT2D eigenvalue weighted by atomic mass is 10.00. The summed E-state index contributed by atoms with van der Waals surface area (Å²) in [6, 6.07) is 20.9. The number of aromatic nitrogens is 2. The first kappa shape index (κ1) is 11.2. The van der Waals surface area contributed by atoms with E-state index in [1.54, 1.807) is 0 Å². The minimum absolute atomic E-state index is 0.933. The van der Waals surface area contributed by atoms with Gasteiger partial charge in [-0.25, -0.2) is 4.98 Å². The van der Waals surface area contributed by atoms with Gasteiger partial charge in [-0.2, -0.15) is 0 Å². The lowest BCUT2D eigenvalue weighted by molar-refractivity contribution is 1.34. The molecule has 0 spiro atoms. The molecule has 0 atom stereocenters. The number of benzene rings is 3. The Morgan fingerprint density at radius 2 is 1.55 bits per heavy atom. The fourth-order valence-electron chi connectivity index (χ4n) is 2.74. The van der Waals surface area contributed by atoms with E-state index in [2.05, 4.69) is 54.4 Å². The quantitative estimate of drug-likeness (QED) is 0.527. The van der Waals surface area contributed by atoms with Gasteiger partial charge in [0.1, 0.15) is 5.82 Å². The van der Waals surface area contributed by atoms with Crippen LogP contribution in [0, 0.1) is 6.92 Å². The Balaban J connectivity index is 2.04. The number of aryl methyl sites for hydroxylation is 1. The molecule has 2 nitrogen and oxygen atoms in total. The summed E-state index contributed by atoms with van der Waals surface area (Å²) in [6.07, 6.45) is 0. The third-order valence-electron chi connectivity index (χ3n) is 3.79. The molecule has 0 amide bonds. The predicted molar refractivity (Wildman–Crippen MR) is 83.8 cm³/mol. The second-order valence-corrected chi connectivity index (χ2v) is 5.08. The molecule has 96 valence electrons. The molecule has 3 aromatic carbocycles. The molecule has 0 unspecified atom stereocenters. The Kier molecular flexibility index (Phi) is 2.36. The molecule has 20 heavy (non-hydrogen) atoms. The third kappa shape index (κ3) is 1.62. The molecule has 0 bridgehead atoms. The molecule has 0 aliphatic rings. The summed E-state index contributed by atoms with van der Waals surface area (Å²) >= 11 is 0. The van der Waals surface area contributed by atoms with E-state index in [9.17, 15) is 0 Å². The van der Waals surface area contributed by atoms with Crippen molar-refractivity contribution < 1.29 is 0 Å². The predicted octanol–water partition coefficient (Wildman–Crippen LogP) is 4.69. The minimum Gasteiger partial charge on any atom is -0.338 e. The normalized spacial score (nSPS) is 11.2. The van der Waals surface area contributed by atoms with E-state index < -0.39 is 0 Å². The lowest BCUT2D eigenvalue weighted by Gasteiger charge is -2.06. The zero-order valence-electron chi connectivity index (χ0n) is 11.2. The van der Waals surface area contributed by atoms with Crippen molar-refractivity contribution in [1.29, 1.82) is 0 Å². The number of hydrogen-bond acceptors (Lipinski definition) is 1. The van der Waals surface area contributed by atoms with Gasteiger partial charge in [-0.15, -0.1) is 0 Å². The molecule has 0 radical (unpaired) electrons. The molecular formula is C18H14N2. The molecular weight excluding hydrogens is 244 g/mol. The Bertz CT molecular complexity index is 886. The molecule has 0 saturated carbocycles. The van der Waals surface area contributed by atoms with Crippen LogP contribution in [0.25, 0.3) is 33.2 Å². The highest BCUT2D eigenvalue weighted by Gasteiger charge is 2.09. The molecule has 0 aliphatic heterocycles. The highest BCUT2D eigenvalue weighted by atomic mass is 14.9. The second kappa shape index (κ2) is 4.20. The molecule has 0 saturated heterocycles. The van der Waals surface area contributed by atoms with Gasteiger partial charge in [0.15, 0.2) is 0 Å². The van der Waals surface area contributed by atoms with E-state index in [1.807, 2.05) is 18.2 Å². The summed E-state index contributed by atoms with van der Waals surface area (Å²) in [7, 11) is 0. The van der Waals surface area contributed by atoms with E-state index >= 15 is 0 Å². The van der Waals surface area contributed by atoms with Crippen LogP contribution in [0.2, 0.25) is 0 Å². The van der Waals surface area contributed by atoms with E-state index in [1.165, 1.54) is 16.3 Å². The van der Waals surface area contributed by atoms with Gasteiger partial charge >= 0.3 is 0 Å². The molecule has 0 fully saturated rings. The number of para-hydroxylation sites is 2. The van der Waals surface area contributed by atoms with Crippen LogP contribution in [-0.4, -0.2) is 9.97 Å². The molecule has 4 rings (SSSR count). The molecule has 4 aromatic rings. The maximum absolute atomic E-state index is 4.71. The Morgan fingerprint density at radius 3 is 2.40 bits per heavy atom. The largest absolute Gasteiger partial charge is 0.338 e. The summed E-state index contributed by atoms with van der Waals surface area (Å²) in [6.45, 7) is 2.14. The van der Waals surface area contributed by atoms with Gasteiger partial charge in [0.05, 0.1) is 11.0 Å². The highest BCUT2D eigenvalue weighted by molar-refractivity contribution is 5.98. The van der Waals surface area contributed by atoms with Crippen LogP contribution in [-0.2, 0) is 0 Å². The molecule has 1 N–H and O–H groups in total. The Hall–Kier alpha value is -2.61. The molecule has 1 aromatic heterocycles. The van der Waals surface area contributed by atoms with Gasteiger partial charge in [-0.1, -0.05) is 48.5 Å². The van der Waals surface area contributed by atoms with Crippen LogP contribution in [0.3, 0.4) is 0 Å². The van der Waals surface area contributed by atoms with Crippen molar-refractivity contribution in [3.8, 4) is 11.4 Å². The monoisotopic (exact) mass is 258 g/mol. The highest BCUT2D eigenvalue weighted by Crippen LogP contribution is 2.30. The average molecular weight is 258 g/mol. The van der Waals surface area contributed by atoms with Crippen LogP contribution in [0.15, 0.2) is 60.7 Å². The summed E-state index contributed by atoms with van der Waals surface area (Å²) in [5, 5.41) is 2.53. The smallest absolute Gasteiger partial charge is 0.139 e. The molecule has 0 aliphatic carbocycles. The van der Waals surface area contributed by atoms with Crippen LogP contribution in [0.5, 0.6) is 0 Å². The molecule has 2 heteroatoms. The van der Waals surface area contributed by atoms with Crippen LogP contribution in [0.4, 0.5) is 0 Å². The second-order valence-electron chi connectivity index (χ2n) is 5.08. The molecule has 1 heterocycles. The maximum atomic E-state index is 4.71. The maximum Gasteiger partial charge on any atom is 0.139 e. The number of imidazole rings is 1. The third-order valence-corrected chi connectivity index (χ3v) is 3.79. The summed E-state index contributed by atoms with van der Waals surface area (Å²) < 4.78 is 0. The van der Waals surface area contributed by atoms with E-state index in [0.717, 1.165) is 22.4 Å². The fourth-order valence-corrected chi connectivity index (χ4v) is 2.74. The van der Waals surface area contributed by atoms with Gasteiger partial charge < -0.3 is 4.98 Å². The van der Waals surface area contributed by atoms with Crippen molar-refractivity contribution in [2.24, 2.45) is 0 Å². The topological polar surface area (TPSA) is 28.7 Å². The van der Waals surface area contributed by atoms with Gasteiger partial charge in [-0.3, -0.25) is 0 Å². The first-order valence-electron chi connectivity index (χ1n) is 6.76. The first-order valence-corrected chi connectivity index (χ1v) is 6.76. The zero-order valence-corrected chi connectivity index (χ0v) is 11.2. The Morgan fingerprint density at radius 1 is 0.800 bits per heavy atom. The zero-order chi connectivity index (χ0) is 13.5. The van der Waals surface area contributed by atoms with Gasteiger partial charge in [0, 0.05) is 5.56 Å². The van der Waals surface area contributed by atoms with Gasteiger partial charge in [0.2, 0.25) is 0 Å². The van der Waals surface area contributed by atoms with E-state index in [4.69, 9.17) is 4.98 Å². The number of rotatable bonds is 1. The lowest BCUT2D eigenvalue weighted by Crippen LogP contribution is -1.85. The standard InChI is InChI=1S/C18H14N2/c1-12-10-11-15(14-7-3-2-6-13(12)14)18-19-16-8-4-5-9-17(16)20-18/h2-11H,1H3,(H,19,20). The van der Waals surface area contributed by atoms with Crippen molar-refractivity contribution in [2.45, 2.75) is 6.92 Å². The number of nitrogens with one attached hydrogen (secondary N) is 1. The number of aromatic amines is 1. The summed E-state index contributed by atoms with van der Waals surface area (Å²) in [5.74, 6) is 0.933. The van der Waals surface area contributed by atoms with Crippen molar-refractivity contribution in [2.75, 3.05) is 0 Å². The summed E-state index contributed by atoms with van der Waals surface area (Å²) in [5.41, 5.74) is 4.53. The number of H-pyrrole nitrogens is 1. The van der Waals surface area contributed by atoms with Crippen LogP contribution >= 0.6 is 0 Å². The summed E-state index contributed by atoms with van der Waals surface area (Å²) in [4.78, 5) is 8.12.